The zero-order valence-electron chi connectivity index (χ0n) is 6.85. The van der Waals surface area contributed by atoms with Gasteiger partial charge in [-0.3, -0.25) is 0 Å². The zero-order chi connectivity index (χ0) is 8.32. The Morgan fingerprint density at radius 3 is 3.00 bits per heavy atom. The molecule has 2 unspecified atom stereocenters. The summed E-state index contributed by atoms with van der Waals surface area (Å²) in [6, 6.07) is 0. The molecular formula is C8H15ClO2. The van der Waals surface area contributed by atoms with Gasteiger partial charge >= 0.3 is 0 Å². The molecule has 1 aliphatic rings. The molecule has 0 heterocycles. The highest BCUT2D eigenvalue weighted by molar-refractivity contribution is 6.18. The second-order valence-corrected chi connectivity index (χ2v) is 3.58. The van der Waals surface area contributed by atoms with Crippen LogP contribution in [0.3, 0.4) is 0 Å². The molecule has 0 aliphatic heterocycles. The number of rotatable bonds is 2. The van der Waals surface area contributed by atoms with Gasteiger partial charge in [-0.25, -0.2) is 0 Å². The van der Waals surface area contributed by atoms with Gasteiger partial charge < -0.3 is 9.84 Å². The molecule has 0 aromatic carbocycles. The fourth-order valence-corrected chi connectivity index (χ4v) is 1.85. The van der Waals surface area contributed by atoms with Crippen LogP contribution in [0.4, 0.5) is 0 Å². The number of alkyl halides is 1. The smallest absolute Gasteiger partial charge is 0.0807 e. The third-order valence-corrected chi connectivity index (χ3v) is 2.86. The molecule has 0 saturated heterocycles. The topological polar surface area (TPSA) is 29.5 Å². The average Bonchev–Trinajstić information content (AvgIpc) is 2.05. The summed E-state index contributed by atoms with van der Waals surface area (Å²) in [6.07, 6.45) is 3.77. The van der Waals surface area contributed by atoms with Gasteiger partial charge in [0.2, 0.25) is 0 Å². The van der Waals surface area contributed by atoms with Crippen molar-refractivity contribution >= 4 is 11.6 Å². The van der Waals surface area contributed by atoms with Crippen LogP contribution in [0.5, 0.6) is 0 Å². The Morgan fingerprint density at radius 2 is 2.45 bits per heavy atom. The molecule has 3 heteroatoms. The first-order valence-corrected chi connectivity index (χ1v) is 4.55. The van der Waals surface area contributed by atoms with E-state index in [1.165, 1.54) is 0 Å². The van der Waals surface area contributed by atoms with Gasteiger partial charge in [0.1, 0.15) is 0 Å². The van der Waals surface area contributed by atoms with Gasteiger partial charge in [-0.1, -0.05) is 0 Å². The highest BCUT2D eigenvalue weighted by atomic mass is 35.5. The molecule has 0 spiro atoms. The Morgan fingerprint density at radius 1 is 1.73 bits per heavy atom. The minimum absolute atomic E-state index is 0.201. The van der Waals surface area contributed by atoms with E-state index in [0.29, 0.717) is 12.3 Å². The van der Waals surface area contributed by atoms with Gasteiger partial charge in [0.05, 0.1) is 17.6 Å². The molecule has 0 radical (unpaired) electrons. The van der Waals surface area contributed by atoms with E-state index in [1.807, 2.05) is 0 Å². The van der Waals surface area contributed by atoms with Crippen molar-refractivity contribution in [1.29, 1.82) is 0 Å². The maximum absolute atomic E-state index is 9.77. The second kappa shape index (κ2) is 3.74. The minimum atomic E-state index is -0.666. The molecule has 1 saturated carbocycles. The lowest BCUT2D eigenvalue weighted by molar-refractivity contribution is -0.0446. The fraction of sp³-hybridized carbons (Fsp3) is 1.00. The first-order chi connectivity index (χ1) is 5.20. The average molecular weight is 179 g/mol. The summed E-state index contributed by atoms with van der Waals surface area (Å²) in [5.74, 6) is 0.326. The number of halogens is 1. The van der Waals surface area contributed by atoms with Gasteiger partial charge in [-0.2, -0.15) is 0 Å². The maximum atomic E-state index is 9.77. The predicted molar refractivity (Wildman–Crippen MR) is 44.9 cm³/mol. The quantitative estimate of drug-likeness (QED) is 0.651. The van der Waals surface area contributed by atoms with Crippen molar-refractivity contribution < 1.29 is 9.84 Å². The highest BCUT2D eigenvalue weighted by Gasteiger charge is 2.33. The normalized spacial score (nSPS) is 39.0. The van der Waals surface area contributed by atoms with E-state index in [4.69, 9.17) is 16.3 Å². The summed E-state index contributed by atoms with van der Waals surface area (Å²) >= 11 is 5.64. The summed E-state index contributed by atoms with van der Waals surface area (Å²) in [4.78, 5) is 0. The molecule has 1 aliphatic carbocycles. The van der Waals surface area contributed by atoms with Crippen LogP contribution >= 0.6 is 11.6 Å². The molecule has 66 valence electrons. The van der Waals surface area contributed by atoms with Crippen molar-refractivity contribution in [1.82, 2.24) is 0 Å². The minimum Gasteiger partial charge on any atom is -0.389 e. The summed E-state index contributed by atoms with van der Waals surface area (Å²) in [7, 11) is 1.69. The van der Waals surface area contributed by atoms with E-state index in [2.05, 4.69) is 0 Å². The Kier molecular flexibility index (Phi) is 3.16. The lowest BCUT2D eigenvalue weighted by atomic mass is 9.84. The Bertz CT molecular complexity index is 129. The monoisotopic (exact) mass is 178 g/mol. The summed E-state index contributed by atoms with van der Waals surface area (Å²) < 4.78 is 5.17. The molecule has 1 rings (SSSR count). The van der Waals surface area contributed by atoms with Crippen LogP contribution in [-0.4, -0.2) is 29.8 Å². The maximum Gasteiger partial charge on any atom is 0.0807 e. The number of methoxy groups -OCH3 is 1. The van der Waals surface area contributed by atoms with Gasteiger partial charge in [0.15, 0.2) is 0 Å². The molecule has 1 fully saturated rings. The SMILES string of the molecule is COC1CCCC(O)(CCl)C1. The first kappa shape index (κ1) is 9.30. The molecule has 0 bridgehead atoms. The van der Waals surface area contributed by atoms with Crippen LogP contribution in [0.2, 0.25) is 0 Å². The summed E-state index contributed by atoms with van der Waals surface area (Å²) in [5.41, 5.74) is -0.666. The van der Waals surface area contributed by atoms with Crippen molar-refractivity contribution in [3.63, 3.8) is 0 Å². The molecule has 2 atom stereocenters. The standard InChI is InChI=1S/C8H15ClO2/c1-11-7-3-2-4-8(10,5-7)6-9/h7,10H,2-6H2,1H3. The third-order valence-electron chi connectivity index (χ3n) is 2.36. The number of hydrogen-bond donors (Lipinski definition) is 1. The Balaban J connectivity index is 2.44. The van der Waals surface area contributed by atoms with Crippen molar-refractivity contribution in [2.75, 3.05) is 13.0 Å². The lowest BCUT2D eigenvalue weighted by Crippen LogP contribution is -2.39. The van der Waals surface area contributed by atoms with E-state index >= 15 is 0 Å². The largest absolute Gasteiger partial charge is 0.389 e. The second-order valence-electron chi connectivity index (χ2n) is 3.31. The lowest BCUT2D eigenvalue weighted by Gasteiger charge is -2.34. The first-order valence-electron chi connectivity index (χ1n) is 4.01. The van der Waals surface area contributed by atoms with Gasteiger partial charge in [0.25, 0.3) is 0 Å². The Labute approximate surface area is 72.5 Å². The highest BCUT2D eigenvalue weighted by Crippen LogP contribution is 2.30. The number of ether oxygens (including phenoxy) is 1. The molecule has 0 aromatic rings. The predicted octanol–water partition coefficient (Wildman–Crippen LogP) is 1.55. The van der Waals surface area contributed by atoms with Crippen molar-refractivity contribution in [2.45, 2.75) is 37.4 Å². The fourth-order valence-electron chi connectivity index (χ4n) is 1.61. The number of hydrogen-bond acceptors (Lipinski definition) is 2. The van der Waals surface area contributed by atoms with Crippen LogP contribution in [0.15, 0.2) is 0 Å². The molecule has 0 amide bonds. The molecule has 11 heavy (non-hydrogen) atoms. The van der Waals surface area contributed by atoms with Crippen LogP contribution in [0.1, 0.15) is 25.7 Å². The van der Waals surface area contributed by atoms with E-state index in [9.17, 15) is 5.11 Å². The van der Waals surface area contributed by atoms with Crippen LogP contribution < -0.4 is 0 Å². The van der Waals surface area contributed by atoms with Gasteiger partial charge in [0, 0.05) is 13.5 Å². The molecule has 1 N–H and O–H groups in total. The summed E-state index contributed by atoms with van der Waals surface area (Å²) in [6.45, 7) is 0. The Hall–Kier alpha value is 0.210. The van der Waals surface area contributed by atoms with E-state index < -0.39 is 5.60 Å². The van der Waals surface area contributed by atoms with Crippen molar-refractivity contribution in [3.8, 4) is 0 Å². The van der Waals surface area contributed by atoms with Crippen LogP contribution in [0.25, 0.3) is 0 Å². The van der Waals surface area contributed by atoms with Gasteiger partial charge in [-0.05, 0) is 19.3 Å². The number of aliphatic hydroxyl groups is 1. The third kappa shape index (κ3) is 2.32. The van der Waals surface area contributed by atoms with Crippen LogP contribution in [-0.2, 0) is 4.74 Å². The van der Waals surface area contributed by atoms with E-state index in [-0.39, 0.29) is 6.10 Å². The van der Waals surface area contributed by atoms with E-state index in [1.54, 1.807) is 7.11 Å². The van der Waals surface area contributed by atoms with E-state index in [0.717, 1.165) is 19.3 Å². The molecule has 0 aromatic heterocycles. The van der Waals surface area contributed by atoms with Crippen molar-refractivity contribution in [2.24, 2.45) is 0 Å². The van der Waals surface area contributed by atoms with Crippen molar-refractivity contribution in [3.05, 3.63) is 0 Å². The van der Waals surface area contributed by atoms with Crippen LogP contribution in [0, 0.1) is 0 Å². The molecule has 2 nitrogen and oxygen atoms in total. The van der Waals surface area contributed by atoms with Gasteiger partial charge in [-0.15, -0.1) is 11.6 Å². The summed E-state index contributed by atoms with van der Waals surface area (Å²) in [5, 5.41) is 9.77. The zero-order valence-corrected chi connectivity index (χ0v) is 7.60. The molecular weight excluding hydrogens is 164 g/mol.